The predicted molar refractivity (Wildman–Crippen MR) is 58.8 cm³/mol. The van der Waals surface area contributed by atoms with Gasteiger partial charge >= 0.3 is 0 Å². The normalized spacial score (nSPS) is 15.9. The summed E-state index contributed by atoms with van der Waals surface area (Å²) < 4.78 is 27.4. The third kappa shape index (κ3) is 3.30. The topological polar surface area (TPSA) is 69.4 Å². The van der Waals surface area contributed by atoms with Gasteiger partial charge in [0.25, 0.3) is 0 Å². The van der Waals surface area contributed by atoms with Crippen molar-refractivity contribution in [3.05, 3.63) is 35.9 Å². The Balaban J connectivity index is 3.06. The molecular formula is C10H15NO3S. The summed E-state index contributed by atoms with van der Waals surface area (Å²) in [5.74, 6) is -0.236. The first-order chi connectivity index (χ1) is 6.87. The third-order valence-electron chi connectivity index (χ3n) is 2.31. The minimum atomic E-state index is -3.57. The molecule has 84 valence electrons. The van der Waals surface area contributed by atoms with Gasteiger partial charge in [-0.1, -0.05) is 30.3 Å². The fourth-order valence-electron chi connectivity index (χ4n) is 1.43. The molecule has 1 aromatic rings. The van der Waals surface area contributed by atoms with E-state index in [-0.39, 0.29) is 5.75 Å². The van der Waals surface area contributed by atoms with Gasteiger partial charge < -0.3 is 4.74 Å². The Labute approximate surface area is 90.1 Å². The van der Waals surface area contributed by atoms with Crippen LogP contribution in [0.5, 0.6) is 0 Å². The Morgan fingerprint density at radius 3 is 2.27 bits per heavy atom. The maximum Gasteiger partial charge on any atom is 0.212 e. The van der Waals surface area contributed by atoms with Crippen molar-refractivity contribution in [1.82, 2.24) is 0 Å². The van der Waals surface area contributed by atoms with Crippen LogP contribution in [0.15, 0.2) is 30.3 Å². The van der Waals surface area contributed by atoms with Gasteiger partial charge in [0.15, 0.2) is 0 Å². The summed E-state index contributed by atoms with van der Waals surface area (Å²) >= 11 is 0. The molecule has 0 amide bonds. The van der Waals surface area contributed by atoms with Crippen LogP contribution in [0.1, 0.15) is 12.5 Å². The van der Waals surface area contributed by atoms with E-state index in [1.807, 2.05) is 30.3 Å². The van der Waals surface area contributed by atoms with Gasteiger partial charge in [-0.05, 0) is 12.5 Å². The van der Waals surface area contributed by atoms with Crippen LogP contribution in [-0.2, 0) is 20.4 Å². The third-order valence-corrected chi connectivity index (χ3v) is 3.26. The number of nitrogens with two attached hydrogens (primary N) is 1. The highest BCUT2D eigenvalue weighted by Gasteiger charge is 2.30. The van der Waals surface area contributed by atoms with Crippen molar-refractivity contribution < 1.29 is 13.2 Å². The van der Waals surface area contributed by atoms with Gasteiger partial charge in [0.2, 0.25) is 10.0 Å². The number of rotatable bonds is 4. The van der Waals surface area contributed by atoms with Gasteiger partial charge in [0, 0.05) is 7.11 Å². The van der Waals surface area contributed by atoms with Gasteiger partial charge in [-0.2, -0.15) is 0 Å². The molecule has 0 fully saturated rings. The molecule has 0 aromatic heterocycles. The summed E-state index contributed by atoms with van der Waals surface area (Å²) in [7, 11) is -2.10. The number of hydrogen-bond donors (Lipinski definition) is 1. The Morgan fingerprint density at radius 2 is 1.87 bits per heavy atom. The molecule has 0 aliphatic rings. The molecule has 0 heterocycles. The average molecular weight is 229 g/mol. The molecule has 0 saturated carbocycles. The van der Waals surface area contributed by atoms with Gasteiger partial charge in [-0.15, -0.1) is 0 Å². The summed E-state index contributed by atoms with van der Waals surface area (Å²) in [6.45, 7) is 1.70. The number of methoxy groups -OCH3 is 1. The molecular weight excluding hydrogens is 214 g/mol. The molecule has 15 heavy (non-hydrogen) atoms. The monoisotopic (exact) mass is 229 g/mol. The van der Waals surface area contributed by atoms with Crippen molar-refractivity contribution in [3.63, 3.8) is 0 Å². The van der Waals surface area contributed by atoms with Crippen LogP contribution in [0, 0.1) is 0 Å². The molecule has 4 nitrogen and oxygen atoms in total. The lowest BCUT2D eigenvalue weighted by atomic mass is 9.98. The van der Waals surface area contributed by atoms with Gasteiger partial charge in [-0.25, -0.2) is 13.6 Å². The molecule has 0 bridgehead atoms. The van der Waals surface area contributed by atoms with Crippen molar-refractivity contribution in [2.75, 3.05) is 12.9 Å². The minimum Gasteiger partial charge on any atom is -0.373 e. The lowest BCUT2D eigenvalue weighted by molar-refractivity contribution is 0.0222. The van der Waals surface area contributed by atoms with Crippen LogP contribution in [-0.4, -0.2) is 21.3 Å². The Kier molecular flexibility index (Phi) is 3.49. The van der Waals surface area contributed by atoms with Crippen LogP contribution in [0.2, 0.25) is 0 Å². The molecule has 1 atom stereocenters. The zero-order valence-electron chi connectivity index (χ0n) is 8.80. The van der Waals surface area contributed by atoms with Crippen LogP contribution < -0.4 is 5.14 Å². The van der Waals surface area contributed by atoms with Gasteiger partial charge in [0.1, 0.15) is 5.60 Å². The van der Waals surface area contributed by atoms with Crippen molar-refractivity contribution in [1.29, 1.82) is 0 Å². The maximum absolute atomic E-state index is 11.1. The fourth-order valence-corrected chi connectivity index (χ4v) is 2.49. The van der Waals surface area contributed by atoms with Gasteiger partial charge in [0.05, 0.1) is 5.75 Å². The van der Waals surface area contributed by atoms with Crippen LogP contribution in [0.4, 0.5) is 0 Å². The SMILES string of the molecule is CO[C@](C)(CS(N)(=O)=O)c1ccccc1. The molecule has 5 heteroatoms. The second-order valence-corrected chi connectivity index (χ2v) is 5.22. The first-order valence-corrected chi connectivity index (χ1v) is 6.20. The van der Waals surface area contributed by atoms with E-state index in [4.69, 9.17) is 9.88 Å². The van der Waals surface area contributed by atoms with Crippen molar-refractivity contribution >= 4 is 10.0 Å². The molecule has 0 aliphatic heterocycles. The largest absolute Gasteiger partial charge is 0.373 e. The average Bonchev–Trinajstić information content (AvgIpc) is 2.16. The van der Waals surface area contributed by atoms with Crippen LogP contribution in [0.3, 0.4) is 0 Å². The minimum absolute atomic E-state index is 0.236. The van der Waals surface area contributed by atoms with E-state index in [9.17, 15) is 8.42 Å². The van der Waals surface area contributed by atoms with Crippen molar-refractivity contribution in [2.24, 2.45) is 5.14 Å². The van der Waals surface area contributed by atoms with E-state index in [0.717, 1.165) is 5.56 Å². The van der Waals surface area contributed by atoms with E-state index < -0.39 is 15.6 Å². The molecule has 0 radical (unpaired) electrons. The van der Waals surface area contributed by atoms with Crippen LogP contribution in [0.25, 0.3) is 0 Å². The van der Waals surface area contributed by atoms with E-state index in [2.05, 4.69) is 0 Å². The molecule has 2 N–H and O–H groups in total. The first kappa shape index (κ1) is 12.2. The summed E-state index contributed by atoms with van der Waals surface area (Å²) in [6, 6.07) is 9.14. The molecule has 0 saturated heterocycles. The molecule has 0 spiro atoms. The molecule has 0 aliphatic carbocycles. The number of benzene rings is 1. The van der Waals surface area contributed by atoms with E-state index in [1.54, 1.807) is 6.92 Å². The standard InChI is InChI=1S/C10H15NO3S/c1-10(14-2,8-15(11,12)13)9-6-4-3-5-7-9/h3-7H,8H2,1-2H3,(H2,11,12,13)/t10-/m1/s1. The second kappa shape index (κ2) is 4.30. The number of ether oxygens (including phenoxy) is 1. The Bertz CT molecular complexity index is 416. The van der Waals surface area contributed by atoms with Crippen molar-refractivity contribution in [3.8, 4) is 0 Å². The zero-order valence-corrected chi connectivity index (χ0v) is 9.62. The number of hydrogen-bond acceptors (Lipinski definition) is 3. The van der Waals surface area contributed by atoms with E-state index in [1.165, 1.54) is 7.11 Å². The molecule has 1 rings (SSSR count). The lowest BCUT2D eigenvalue weighted by Crippen LogP contribution is -2.36. The van der Waals surface area contributed by atoms with E-state index >= 15 is 0 Å². The zero-order chi connectivity index (χ0) is 11.5. The highest BCUT2D eigenvalue weighted by molar-refractivity contribution is 7.89. The number of primary sulfonamides is 1. The van der Waals surface area contributed by atoms with E-state index in [0.29, 0.717) is 0 Å². The van der Waals surface area contributed by atoms with Crippen molar-refractivity contribution in [2.45, 2.75) is 12.5 Å². The molecule has 1 aromatic carbocycles. The fraction of sp³-hybridized carbons (Fsp3) is 0.400. The van der Waals surface area contributed by atoms with Gasteiger partial charge in [-0.3, -0.25) is 0 Å². The Hall–Kier alpha value is -0.910. The summed E-state index contributed by atoms with van der Waals surface area (Å²) in [5.41, 5.74) is -0.101. The predicted octanol–water partition coefficient (Wildman–Crippen LogP) is 0.837. The van der Waals surface area contributed by atoms with Crippen LogP contribution >= 0.6 is 0 Å². The smallest absolute Gasteiger partial charge is 0.212 e. The number of sulfonamides is 1. The highest BCUT2D eigenvalue weighted by Crippen LogP contribution is 2.25. The molecule has 0 unspecified atom stereocenters. The quantitative estimate of drug-likeness (QED) is 0.831. The first-order valence-electron chi connectivity index (χ1n) is 4.48. The summed E-state index contributed by atoms with van der Waals surface area (Å²) in [5, 5.41) is 5.03. The lowest BCUT2D eigenvalue weighted by Gasteiger charge is -2.27. The highest BCUT2D eigenvalue weighted by atomic mass is 32.2. The summed E-state index contributed by atoms with van der Waals surface area (Å²) in [4.78, 5) is 0. The second-order valence-electron chi connectivity index (χ2n) is 3.61. The Morgan fingerprint density at radius 1 is 1.33 bits per heavy atom. The maximum atomic E-state index is 11.1. The summed E-state index contributed by atoms with van der Waals surface area (Å²) in [6.07, 6.45) is 0.